The van der Waals surface area contributed by atoms with Crippen LogP contribution in [-0.4, -0.2) is 6.61 Å². The van der Waals surface area contributed by atoms with Gasteiger partial charge in [-0.15, -0.1) is 11.8 Å². The van der Waals surface area contributed by atoms with Crippen LogP contribution >= 0.6 is 11.8 Å². The number of anilines is 1. The van der Waals surface area contributed by atoms with E-state index in [9.17, 15) is 8.78 Å². The molecule has 2 nitrogen and oxygen atoms in total. The summed E-state index contributed by atoms with van der Waals surface area (Å²) in [5.41, 5.74) is 7.10. The predicted molar refractivity (Wildman–Crippen MR) is 73.5 cm³/mol. The Hall–Kier alpha value is -1.75. The summed E-state index contributed by atoms with van der Waals surface area (Å²) in [5, 5.41) is 0. The van der Waals surface area contributed by atoms with E-state index in [0.29, 0.717) is 11.4 Å². The second-order valence-electron chi connectivity index (χ2n) is 3.85. The van der Waals surface area contributed by atoms with Crippen molar-refractivity contribution in [2.75, 3.05) is 5.73 Å². The van der Waals surface area contributed by atoms with E-state index in [1.54, 1.807) is 30.3 Å². The highest BCUT2D eigenvalue weighted by Crippen LogP contribution is 2.29. The molecule has 0 saturated carbocycles. The van der Waals surface area contributed by atoms with Crippen molar-refractivity contribution in [3.63, 3.8) is 0 Å². The Morgan fingerprint density at radius 2 is 1.89 bits per heavy atom. The number of rotatable bonds is 5. The molecule has 0 bridgehead atoms. The fraction of sp³-hybridized carbons (Fsp3) is 0.143. The van der Waals surface area contributed by atoms with E-state index >= 15 is 0 Å². The topological polar surface area (TPSA) is 35.2 Å². The van der Waals surface area contributed by atoms with Crippen LogP contribution in [0, 0.1) is 0 Å². The van der Waals surface area contributed by atoms with Crippen LogP contribution in [0.1, 0.15) is 5.56 Å². The minimum atomic E-state index is -2.81. The summed E-state index contributed by atoms with van der Waals surface area (Å²) in [6.07, 6.45) is 0. The van der Waals surface area contributed by atoms with Crippen molar-refractivity contribution in [1.29, 1.82) is 0 Å². The molecule has 0 aliphatic carbocycles. The van der Waals surface area contributed by atoms with E-state index in [4.69, 9.17) is 5.73 Å². The van der Waals surface area contributed by atoms with Gasteiger partial charge >= 0.3 is 6.61 Å². The minimum Gasteiger partial charge on any atom is -0.435 e. The third kappa shape index (κ3) is 4.13. The van der Waals surface area contributed by atoms with Gasteiger partial charge in [0, 0.05) is 21.9 Å². The molecule has 0 fully saturated rings. The van der Waals surface area contributed by atoms with Gasteiger partial charge in [-0.1, -0.05) is 24.3 Å². The number of alkyl halides is 2. The molecular formula is C14H13F2NOS. The van der Waals surface area contributed by atoms with Gasteiger partial charge in [-0.05, 0) is 24.3 Å². The Morgan fingerprint density at radius 1 is 1.11 bits per heavy atom. The van der Waals surface area contributed by atoms with Gasteiger partial charge in [0.25, 0.3) is 0 Å². The summed E-state index contributed by atoms with van der Waals surface area (Å²) in [6, 6.07) is 14.2. The Balaban J connectivity index is 2.07. The van der Waals surface area contributed by atoms with Gasteiger partial charge in [0.15, 0.2) is 0 Å². The first-order valence-electron chi connectivity index (χ1n) is 5.66. The van der Waals surface area contributed by atoms with Crippen LogP contribution < -0.4 is 10.5 Å². The number of ether oxygens (including phenoxy) is 1. The Kier molecular flexibility index (Phi) is 4.63. The van der Waals surface area contributed by atoms with E-state index in [1.165, 1.54) is 11.8 Å². The number of hydrogen-bond acceptors (Lipinski definition) is 3. The summed E-state index contributed by atoms with van der Waals surface area (Å²) in [7, 11) is 0. The Labute approximate surface area is 114 Å². The zero-order valence-corrected chi connectivity index (χ0v) is 10.9. The first-order chi connectivity index (χ1) is 9.15. The Bertz CT molecular complexity index is 548. The minimum absolute atomic E-state index is 0.217. The number of benzene rings is 2. The summed E-state index contributed by atoms with van der Waals surface area (Å²) in [4.78, 5) is 0.992. The number of nitrogen functional groups attached to an aromatic ring is 1. The second kappa shape index (κ2) is 6.43. The molecule has 2 N–H and O–H groups in total. The number of thioether (sulfide) groups is 1. The predicted octanol–water partition coefficient (Wildman–Crippen LogP) is 4.16. The summed E-state index contributed by atoms with van der Waals surface area (Å²) < 4.78 is 29.0. The smallest absolute Gasteiger partial charge is 0.387 e. The van der Waals surface area contributed by atoms with Crippen molar-refractivity contribution in [3.8, 4) is 5.75 Å². The molecule has 2 aromatic carbocycles. The fourth-order valence-corrected chi connectivity index (χ4v) is 2.55. The molecule has 0 aliphatic rings. The molecule has 2 aromatic rings. The maximum atomic E-state index is 12.3. The van der Waals surface area contributed by atoms with Gasteiger partial charge < -0.3 is 10.5 Å². The first kappa shape index (κ1) is 13.7. The highest BCUT2D eigenvalue weighted by Gasteiger charge is 2.09. The van der Waals surface area contributed by atoms with Crippen molar-refractivity contribution < 1.29 is 13.5 Å². The molecule has 0 atom stereocenters. The molecule has 0 spiro atoms. The van der Waals surface area contributed by atoms with E-state index in [1.807, 2.05) is 18.2 Å². The normalized spacial score (nSPS) is 10.7. The largest absolute Gasteiger partial charge is 0.435 e. The van der Waals surface area contributed by atoms with Crippen LogP contribution in [0.15, 0.2) is 53.4 Å². The van der Waals surface area contributed by atoms with Crippen molar-refractivity contribution in [1.82, 2.24) is 0 Å². The number of halogens is 2. The molecule has 0 heterocycles. The molecule has 100 valence electrons. The van der Waals surface area contributed by atoms with Gasteiger partial charge in [-0.2, -0.15) is 8.78 Å². The van der Waals surface area contributed by atoms with Crippen LogP contribution in [0.2, 0.25) is 0 Å². The van der Waals surface area contributed by atoms with Crippen molar-refractivity contribution in [2.24, 2.45) is 0 Å². The van der Waals surface area contributed by atoms with E-state index in [0.717, 1.165) is 10.5 Å². The summed E-state index contributed by atoms with van der Waals surface area (Å²) in [5.74, 6) is 0.765. The fourth-order valence-electron chi connectivity index (χ4n) is 1.60. The highest BCUT2D eigenvalue weighted by molar-refractivity contribution is 7.98. The molecule has 2 rings (SSSR count). The zero-order valence-electron chi connectivity index (χ0n) is 10.1. The summed E-state index contributed by atoms with van der Waals surface area (Å²) in [6.45, 7) is -2.81. The summed E-state index contributed by atoms with van der Waals surface area (Å²) >= 11 is 1.52. The van der Waals surface area contributed by atoms with Crippen molar-refractivity contribution >= 4 is 17.4 Å². The van der Waals surface area contributed by atoms with Gasteiger partial charge in [0.1, 0.15) is 5.75 Å². The molecule has 0 aliphatic heterocycles. The van der Waals surface area contributed by atoms with Gasteiger partial charge in [-0.25, -0.2) is 0 Å². The SMILES string of the molecule is Nc1cccc(SCc2ccccc2OC(F)F)c1. The average molecular weight is 281 g/mol. The van der Waals surface area contributed by atoms with Crippen LogP contribution in [0.25, 0.3) is 0 Å². The third-order valence-electron chi connectivity index (χ3n) is 2.44. The van der Waals surface area contributed by atoms with Gasteiger partial charge in [-0.3, -0.25) is 0 Å². The highest BCUT2D eigenvalue weighted by atomic mass is 32.2. The molecule has 0 saturated heterocycles. The molecule has 0 amide bonds. The molecule has 0 unspecified atom stereocenters. The molecule has 5 heteroatoms. The average Bonchev–Trinajstić information content (AvgIpc) is 2.37. The van der Waals surface area contributed by atoms with E-state index in [2.05, 4.69) is 4.74 Å². The van der Waals surface area contributed by atoms with E-state index in [-0.39, 0.29) is 5.75 Å². The molecule has 0 aromatic heterocycles. The van der Waals surface area contributed by atoms with Crippen LogP contribution in [-0.2, 0) is 5.75 Å². The zero-order chi connectivity index (χ0) is 13.7. The number of para-hydroxylation sites is 1. The number of nitrogens with two attached hydrogens (primary N) is 1. The van der Waals surface area contributed by atoms with E-state index < -0.39 is 6.61 Å². The molecule has 19 heavy (non-hydrogen) atoms. The van der Waals surface area contributed by atoms with Crippen molar-refractivity contribution in [3.05, 3.63) is 54.1 Å². The van der Waals surface area contributed by atoms with Crippen molar-refractivity contribution in [2.45, 2.75) is 17.3 Å². The van der Waals surface area contributed by atoms with Crippen LogP contribution in [0.4, 0.5) is 14.5 Å². The lowest BCUT2D eigenvalue weighted by atomic mass is 10.2. The second-order valence-corrected chi connectivity index (χ2v) is 4.90. The number of hydrogen-bond donors (Lipinski definition) is 1. The lowest BCUT2D eigenvalue weighted by Gasteiger charge is -2.10. The lowest BCUT2D eigenvalue weighted by Crippen LogP contribution is -2.03. The third-order valence-corrected chi connectivity index (χ3v) is 3.48. The first-order valence-corrected chi connectivity index (χ1v) is 6.65. The maximum Gasteiger partial charge on any atom is 0.387 e. The van der Waals surface area contributed by atoms with Crippen LogP contribution in [0.5, 0.6) is 5.75 Å². The standard InChI is InChI=1S/C14H13F2NOS/c15-14(16)18-13-7-2-1-4-10(13)9-19-12-6-3-5-11(17)8-12/h1-8,14H,9,17H2. The molecular weight excluding hydrogens is 268 g/mol. The quantitative estimate of drug-likeness (QED) is 0.660. The monoisotopic (exact) mass is 281 g/mol. The van der Waals surface area contributed by atoms with Gasteiger partial charge in [0.2, 0.25) is 0 Å². The van der Waals surface area contributed by atoms with Crippen LogP contribution in [0.3, 0.4) is 0 Å². The maximum absolute atomic E-state index is 12.3. The van der Waals surface area contributed by atoms with Gasteiger partial charge in [0.05, 0.1) is 0 Å². The molecule has 0 radical (unpaired) electrons. The lowest BCUT2D eigenvalue weighted by molar-refractivity contribution is -0.0503. The Morgan fingerprint density at radius 3 is 2.63 bits per heavy atom.